The van der Waals surface area contributed by atoms with Crippen LogP contribution in [0.1, 0.15) is 23.4 Å². The molecule has 0 aliphatic rings. The lowest BCUT2D eigenvalue weighted by molar-refractivity contribution is 0.280. The van der Waals surface area contributed by atoms with Crippen LogP contribution in [0.25, 0.3) is 5.57 Å². The van der Waals surface area contributed by atoms with Gasteiger partial charge < -0.3 is 9.64 Å². The molecule has 1 aromatic heterocycles. The first kappa shape index (κ1) is 18.8. The Morgan fingerprint density at radius 1 is 1.17 bits per heavy atom. The van der Waals surface area contributed by atoms with Gasteiger partial charge in [0.1, 0.15) is 11.4 Å². The second-order valence-electron chi connectivity index (χ2n) is 5.94. The van der Waals surface area contributed by atoms with Gasteiger partial charge in [-0.05, 0) is 63.3 Å². The number of nitrogens with zero attached hydrogens (tertiary/aromatic N) is 2. The summed E-state index contributed by atoms with van der Waals surface area (Å²) in [6.07, 6.45) is 0.940. The van der Waals surface area contributed by atoms with Crippen molar-refractivity contribution in [2.45, 2.75) is 13.3 Å². The van der Waals surface area contributed by atoms with Crippen LogP contribution in [0.3, 0.4) is 0 Å². The summed E-state index contributed by atoms with van der Waals surface area (Å²) in [5.41, 5.74) is 3.20. The number of aryl methyl sites for hydroxylation is 1. The second kappa shape index (κ2) is 8.52. The number of aromatic nitrogens is 1. The van der Waals surface area contributed by atoms with E-state index in [0.717, 1.165) is 41.2 Å². The molecular weight excluding hydrogens is 343 g/mol. The zero-order chi connectivity index (χ0) is 17.7. The van der Waals surface area contributed by atoms with Gasteiger partial charge in [-0.1, -0.05) is 29.8 Å². The summed E-state index contributed by atoms with van der Waals surface area (Å²) < 4.78 is 5.93. The van der Waals surface area contributed by atoms with Crippen LogP contribution < -0.4 is 4.74 Å². The van der Waals surface area contributed by atoms with Gasteiger partial charge in [-0.3, -0.25) is 0 Å². The largest absolute Gasteiger partial charge is 0.491 e. The van der Waals surface area contributed by atoms with Crippen molar-refractivity contribution in [3.05, 3.63) is 63.9 Å². The van der Waals surface area contributed by atoms with E-state index in [2.05, 4.69) is 16.5 Å². The van der Waals surface area contributed by atoms with Crippen molar-refractivity contribution in [3.8, 4) is 5.75 Å². The maximum Gasteiger partial charge on any atom is 0.145 e. The molecule has 0 bridgehead atoms. The lowest BCUT2D eigenvalue weighted by Crippen LogP contribution is -2.15. The number of rotatable bonds is 7. The monoisotopic (exact) mass is 364 g/mol. The first-order chi connectivity index (χ1) is 11.4. The molecule has 128 valence electrons. The highest BCUT2D eigenvalue weighted by molar-refractivity contribution is 6.34. The SMILES string of the molecule is C=C(c1cc(Cl)cc(Cl)c1)c1nc(C)ccc1OCCCN(C)C. The summed E-state index contributed by atoms with van der Waals surface area (Å²) in [6, 6.07) is 9.22. The predicted octanol–water partition coefficient (Wildman–Crippen LogP) is 5.09. The van der Waals surface area contributed by atoms with E-state index in [1.165, 1.54) is 0 Å². The predicted molar refractivity (Wildman–Crippen MR) is 102 cm³/mol. The molecule has 0 spiro atoms. The molecule has 2 aromatic rings. The van der Waals surface area contributed by atoms with Gasteiger partial charge in [-0.2, -0.15) is 0 Å². The number of pyridine rings is 1. The van der Waals surface area contributed by atoms with E-state index < -0.39 is 0 Å². The van der Waals surface area contributed by atoms with Crippen LogP contribution in [0, 0.1) is 6.92 Å². The zero-order valence-corrected chi connectivity index (χ0v) is 15.8. The van der Waals surface area contributed by atoms with Gasteiger partial charge in [-0.25, -0.2) is 4.98 Å². The van der Waals surface area contributed by atoms with Crippen LogP contribution in [0.4, 0.5) is 0 Å². The summed E-state index contributed by atoms with van der Waals surface area (Å²) in [6.45, 7) is 7.71. The van der Waals surface area contributed by atoms with Crippen molar-refractivity contribution in [3.63, 3.8) is 0 Å². The summed E-state index contributed by atoms with van der Waals surface area (Å²) in [5.74, 6) is 0.723. The van der Waals surface area contributed by atoms with Crippen LogP contribution in [0.5, 0.6) is 5.75 Å². The van der Waals surface area contributed by atoms with E-state index in [1.807, 2.05) is 45.3 Å². The molecule has 24 heavy (non-hydrogen) atoms. The Morgan fingerprint density at radius 2 is 1.83 bits per heavy atom. The van der Waals surface area contributed by atoms with Crippen molar-refractivity contribution in [2.24, 2.45) is 0 Å². The van der Waals surface area contributed by atoms with Crippen molar-refractivity contribution in [1.29, 1.82) is 0 Å². The highest BCUT2D eigenvalue weighted by Gasteiger charge is 2.13. The summed E-state index contributed by atoms with van der Waals surface area (Å²) >= 11 is 12.2. The average Bonchev–Trinajstić information content (AvgIpc) is 2.50. The summed E-state index contributed by atoms with van der Waals surface area (Å²) in [7, 11) is 4.09. The fourth-order valence-electron chi connectivity index (χ4n) is 2.30. The Kier molecular flexibility index (Phi) is 6.67. The van der Waals surface area contributed by atoms with Gasteiger partial charge in [0.05, 0.1) is 6.61 Å². The van der Waals surface area contributed by atoms with E-state index in [1.54, 1.807) is 6.07 Å². The molecule has 2 rings (SSSR count). The molecule has 1 aromatic carbocycles. The quantitative estimate of drug-likeness (QED) is 0.639. The Balaban J connectivity index is 2.24. The minimum Gasteiger partial charge on any atom is -0.491 e. The molecule has 0 saturated heterocycles. The van der Waals surface area contributed by atoms with Gasteiger partial charge >= 0.3 is 0 Å². The van der Waals surface area contributed by atoms with Crippen LogP contribution in [-0.2, 0) is 0 Å². The standard InChI is InChI=1S/C19H22Cl2N2O/c1-13-6-7-18(24-9-5-8-23(3)4)19(22-13)14(2)15-10-16(20)12-17(21)11-15/h6-7,10-12H,2,5,8-9H2,1,3-4H3. The Labute approximate surface area is 153 Å². The summed E-state index contributed by atoms with van der Waals surface area (Å²) in [4.78, 5) is 6.73. The fourth-order valence-corrected chi connectivity index (χ4v) is 2.83. The van der Waals surface area contributed by atoms with Gasteiger partial charge in [0.25, 0.3) is 0 Å². The molecular formula is C19H22Cl2N2O. The maximum absolute atomic E-state index is 6.10. The highest BCUT2D eigenvalue weighted by Crippen LogP contribution is 2.31. The first-order valence-electron chi connectivity index (χ1n) is 7.77. The normalized spacial score (nSPS) is 10.9. The molecule has 5 heteroatoms. The van der Waals surface area contributed by atoms with Gasteiger partial charge in [0, 0.05) is 27.9 Å². The van der Waals surface area contributed by atoms with E-state index >= 15 is 0 Å². The number of ether oxygens (including phenoxy) is 1. The highest BCUT2D eigenvalue weighted by atomic mass is 35.5. The van der Waals surface area contributed by atoms with Crippen molar-refractivity contribution in [2.75, 3.05) is 27.2 Å². The van der Waals surface area contributed by atoms with Crippen molar-refractivity contribution >= 4 is 28.8 Å². The molecule has 0 radical (unpaired) electrons. The minimum atomic E-state index is 0.569. The van der Waals surface area contributed by atoms with Gasteiger partial charge in [0.15, 0.2) is 0 Å². The van der Waals surface area contributed by atoms with E-state index in [0.29, 0.717) is 16.7 Å². The fraction of sp³-hybridized carbons (Fsp3) is 0.316. The number of benzene rings is 1. The summed E-state index contributed by atoms with van der Waals surface area (Å²) in [5, 5.41) is 1.14. The average molecular weight is 365 g/mol. The van der Waals surface area contributed by atoms with Gasteiger partial charge in [-0.15, -0.1) is 0 Å². The van der Waals surface area contributed by atoms with Crippen LogP contribution in [0.2, 0.25) is 10.0 Å². The van der Waals surface area contributed by atoms with E-state index in [9.17, 15) is 0 Å². The molecule has 0 fully saturated rings. The van der Waals surface area contributed by atoms with Crippen LogP contribution in [-0.4, -0.2) is 37.1 Å². The van der Waals surface area contributed by atoms with Crippen molar-refractivity contribution in [1.82, 2.24) is 9.88 Å². The third-order valence-corrected chi connectivity index (χ3v) is 3.94. The molecule has 0 unspecified atom stereocenters. The third kappa shape index (κ3) is 5.23. The number of hydrogen-bond acceptors (Lipinski definition) is 3. The maximum atomic E-state index is 6.10. The lowest BCUT2D eigenvalue weighted by Gasteiger charge is -2.15. The molecule has 0 saturated carbocycles. The molecule has 0 amide bonds. The molecule has 0 atom stereocenters. The smallest absolute Gasteiger partial charge is 0.145 e. The van der Waals surface area contributed by atoms with Crippen molar-refractivity contribution < 1.29 is 4.74 Å². The van der Waals surface area contributed by atoms with Crippen LogP contribution >= 0.6 is 23.2 Å². The minimum absolute atomic E-state index is 0.569. The second-order valence-corrected chi connectivity index (χ2v) is 6.81. The first-order valence-corrected chi connectivity index (χ1v) is 8.53. The lowest BCUT2D eigenvalue weighted by atomic mass is 10.0. The van der Waals surface area contributed by atoms with E-state index in [-0.39, 0.29) is 0 Å². The molecule has 0 N–H and O–H groups in total. The molecule has 1 heterocycles. The Morgan fingerprint density at radius 3 is 2.46 bits per heavy atom. The Hall–Kier alpha value is -1.55. The zero-order valence-electron chi connectivity index (χ0n) is 14.3. The molecule has 0 aliphatic heterocycles. The van der Waals surface area contributed by atoms with Gasteiger partial charge in [0.2, 0.25) is 0 Å². The number of hydrogen-bond donors (Lipinski definition) is 0. The molecule has 0 aliphatic carbocycles. The van der Waals surface area contributed by atoms with Crippen LogP contribution in [0.15, 0.2) is 36.9 Å². The third-order valence-electron chi connectivity index (χ3n) is 3.50. The number of halogens is 2. The van der Waals surface area contributed by atoms with E-state index in [4.69, 9.17) is 27.9 Å². The Bertz CT molecular complexity index is 709. The molecule has 3 nitrogen and oxygen atoms in total. The topological polar surface area (TPSA) is 25.4 Å².